The molecule has 20 heavy (non-hydrogen) atoms. The lowest BCUT2D eigenvalue weighted by Crippen LogP contribution is -2.04. The van der Waals surface area contributed by atoms with E-state index in [4.69, 9.17) is 4.74 Å². The third-order valence-corrected chi connectivity index (χ3v) is 2.70. The number of hydrogen-bond donors (Lipinski definition) is 0. The van der Waals surface area contributed by atoms with Gasteiger partial charge in [-0.2, -0.15) is 0 Å². The quantitative estimate of drug-likeness (QED) is 0.615. The van der Waals surface area contributed by atoms with Crippen molar-refractivity contribution in [3.63, 3.8) is 0 Å². The number of rotatable bonds is 5. The maximum Gasteiger partial charge on any atom is 0.338 e. The third-order valence-electron chi connectivity index (χ3n) is 2.70. The smallest absolute Gasteiger partial charge is 0.338 e. The average molecular weight is 266 g/mol. The SMILES string of the molecule is O=Cc1ccc(/C=C/COC(=O)c2ccccc2)cc1. The van der Waals surface area contributed by atoms with Crippen molar-refractivity contribution in [2.45, 2.75) is 0 Å². The molecule has 0 unspecified atom stereocenters. The fourth-order valence-corrected chi connectivity index (χ4v) is 1.65. The fraction of sp³-hybridized carbons (Fsp3) is 0.0588. The lowest BCUT2D eigenvalue weighted by molar-refractivity contribution is 0.0550. The zero-order valence-corrected chi connectivity index (χ0v) is 10.9. The van der Waals surface area contributed by atoms with E-state index in [1.54, 1.807) is 42.5 Å². The first-order chi connectivity index (χ1) is 9.79. The molecule has 0 amide bonds. The number of aldehydes is 1. The van der Waals surface area contributed by atoms with Crippen LogP contribution in [-0.4, -0.2) is 18.9 Å². The summed E-state index contributed by atoms with van der Waals surface area (Å²) in [4.78, 5) is 22.2. The van der Waals surface area contributed by atoms with Gasteiger partial charge in [-0.25, -0.2) is 4.79 Å². The molecule has 100 valence electrons. The van der Waals surface area contributed by atoms with Gasteiger partial charge in [-0.3, -0.25) is 4.79 Å². The van der Waals surface area contributed by atoms with E-state index in [9.17, 15) is 9.59 Å². The zero-order chi connectivity index (χ0) is 14.2. The summed E-state index contributed by atoms with van der Waals surface area (Å²) in [5.41, 5.74) is 2.13. The first-order valence-electron chi connectivity index (χ1n) is 6.23. The Kier molecular flexibility index (Phi) is 4.84. The molecule has 0 heterocycles. The van der Waals surface area contributed by atoms with E-state index in [0.717, 1.165) is 11.8 Å². The summed E-state index contributed by atoms with van der Waals surface area (Å²) in [6.07, 6.45) is 4.40. The van der Waals surface area contributed by atoms with Crippen LogP contribution in [0.1, 0.15) is 26.3 Å². The molecule has 0 fully saturated rings. The highest BCUT2D eigenvalue weighted by Gasteiger charge is 2.03. The Morgan fingerprint density at radius 2 is 1.60 bits per heavy atom. The van der Waals surface area contributed by atoms with E-state index >= 15 is 0 Å². The number of esters is 1. The van der Waals surface area contributed by atoms with Gasteiger partial charge in [0.15, 0.2) is 0 Å². The minimum absolute atomic E-state index is 0.211. The standard InChI is InChI=1S/C17H14O3/c18-13-15-10-8-14(9-11-15)5-4-12-20-17(19)16-6-2-1-3-7-16/h1-11,13H,12H2/b5-4+. The normalized spacial score (nSPS) is 10.4. The van der Waals surface area contributed by atoms with E-state index in [0.29, 0.717) is 11.1 Å². The van der Waals surface area contributed by atoms with Gasteiger partial charge in [-0.1, -0.05) is 48.5 Å². The summed E-state index contributed by atoms with van der Waals surface area (Å²) in [6.45, 7) is 0.211. The van der Waals surface area contributed by atoms with Crippen molar-refractivity contribution in [3.8, 4) is 0 Å². The van der Waals surface area contributed by atoms with Crippen molar-refractivity contribution in [1.82, 2.24) is 0 Å². The molecule has 0 saturated carbocycles. The van der Waals surface area contributed by atoms with Crippen LogP contribution in [-0.2, 0) is 4.74 Å². The molecule has 0 N–H and O–H groups in total. The molecule has 0 radical (unpaired) electrons. The van der Waals surface area contributed by atoms with Crippen LogP contribution < -0.4 is 0 Å². The Morgan fingerprint density at radius 3 is 2.25 bits per heavy atom. The number of hydrogen-bond acceptors (Lipinski definition) is 3. The minimum atomic E-state index is -0.341. The summed E-state index contributed by atoms with van der Waals surface area (Å²) in [5, 5.41) is 0. The molecule has 0 aromatic heterocycles. The van der Waals surface area contributed by atoms with Crippen LogP contribution in [0.15, 0.2) is 60.7 Å². The van der Waals surface area contributed by atoms with Crippen LogP contribution in [0.5, 0.6) is 0 Å². The molecule has 0 saturated heterocycles. The largest absolute Gasteiger partial charge is 0.458 e. The van der Waals surface area contributed by atoms with Crippen molar-refractivity contribution >= 4 is 18.3 Å². The molecule has 0 atom stereocenters. The predicted octanol–water partition coefficient (Wildman–Crippen LogP) is 3.37. The monoisotopic (exact) mass is 266 g/mol. The average Bonchev–Trinajstić information content (AvgIpc) is 2.53. The molecular weight excluding hydrogens is 252 g/mol. The Labute approximate surface area is 117 Å². The molecule has 2 aromatic rings. The molecular formula is C17H14O3. The van der Waals surface area contributed by atoms with E-state index in [-0.39, 0.29) is 12.6 Å². The van der Waals surface area contributed by atoms with Gasteiger partial charge >= 0.3 is 5.97 Å². The first-order valence-corrected chi connectivity index (χ1v) is 6.23. The maximum absolute atomic E-state index is 11.6. The van der Waals surface area contributed by atoms with Crippen LogP contribution in [0.2, 0.25) is 0 Å². The number of benzene rings is 2. The van der Waals surface area contributed by atoms with Crippen molar-refractivity contribution in [1.29, 1.82) is 0 Å². The molecule has 0 bridgehead atoms. The maximum atomic E-state index is 11.6. The van der Waals surface area contributed by atoms with Gasteiger partial charge in [0.05, 0.1) is 5.56 Å². The molecule has 2 rings (SSSR count). The highest BCUT2D eigenvalue weighted by Crippen LogP contribution is 2.05. The van der Waals surface area contributed by atoms with E-state index in [1.165, 1.54) is 0 Å². The lowest BCUT2D eigenvalue weighted by Gasteiger charge is -2.01. The Bertz CT molecular complexity index is 598. The Hall–Kier alpha value is -2.68. The van der Waals surface area contributed by atoms with Gasteiger partial charge in [0.1, 0.15) is 12.9 Å². The first kappa shape index (κ1) is 13.7. The fourth-order valence-electron chi connectivity index (χ4n) is 1.65. The van der Waals surface area contributed by atoms with Crippen molar-refractivity contribution in [3.05, 3.63) is 77.4 Å². The molecule has 3 nitrogen and oxygen atoms in total. The summed E-state index contributed by atoms with van der Waals surface area (Å²) in [6, 6.07) is 16.0. The highest BCUT2D eigenvalue weighted by molar-refractivity contribution is 5.89. The molecule has 2 aromatic carbocycles. The van der Waals surface area contributed by atoms with Crippen molar-refractivity contribution < 1.29 is 14.3 Å². The van der Waals surface area contributed by atoms with Crippen LogP contribution in [0, 0.1) is 0 Å². The van der Waals surface area contributed by atoms with E-state index < -0.39 is 0 Å². The van der Waals surface area contributed by atoms with Crippen LogP contribution >= 0.6 is 0 Å². The minimum Gasteiger partial charge on any atom is -0.458 e. The predicted molar refractivity (Wildman–Crippen MR) is 77.6 cm³/mol. The summed E-state index contributed by atoms with van der Waals surface area (Å²) >= 11 is 0. The van der Waals surface area contributed by atoms with Gasteiger partial charge < -0.3 is 4.74 Å². The molecule has 0 aliphatic rings. The summed E-state index contributed by atoms with van der Waals surface area (Å²) < 4.78 is 5.11. The lowest BCUT2D eigenvalue weighted by atomic mass is 10.1. The molecule has 0 spiro atoms. The van der Waals surface area contributed by atoms with Gasteiger partial charge in [0.2, 0.25) is 0 Å². The van der Waals surface area contributed by atoms with Crippen molar-refractivity contribution in [2.24, 2.45) is 0 Å². The highest BCUT2D eigenvalue weighted by atomic mass is 16.5. The number of carbonyl (C=O) groups is 2. The Balaban J connectivity index is 1.84. The van der Waals surface area contributed by atoms with E-state index in [2.05, 4.69) is 0 Å². The number of carbonyl (C=O) groups excluding carboxylic acids is 2. The second-order valence-electron chi connectivity index (χ2n) is 4.15. The third kappa shape index (κ3) is 3.92. The zero-order valence-electron chi connectivity index (χ0n) is 10.9. The molecule has 3 heteroatoms. The molecule has 0 aliphatic heterocycles. The van der Waals surface area contributed by atoms with Gasteiger partial charge in [0, 0.05) is 5.56 Å². The Morgan fingerprint density at radius 1 is 0.950 bits per heavy atom. The van der Waals surface area contributed by atoms with E-state index in [1.807, 2.05) is 24.3 Å². The summed E-state index contributed by atoms with van der Waals surface area (Å²) in [7, 11) is 0. The van der Waals surface area contributed by atoms with Gasteiger partial charge in [0.25, 0.3) is 0 Å². The van der Waals surface area contributed by atoms with Gasteiger partial charge in [-0.05, 0) is 23.8 Å². The second kappa shape index (κ2) is 7.04. The van der Waals surface area contributed by atoms with Crippen LogP contribution in [0.25, 0.3) is 6.08 Å². The summed E-state index contributed by atoms with van der Waals surface area (Å²) in [5.74, 6) is -0.341. The van der Waals surface area contributed by atoms with Gasteiger partial charge in [-0.15, -0.1) is 0 Å². The van der Waals surface area contributed by atoms with Crippen molar-refractivity contribution in [2.75, 3.05) is 6.61 Å². The number of ether oxygens (including phenoxy) is 1. The van der Waals surface area contributed by atoms with Crippen LogP contribution in [0.3, 0.4) is 0 Å². The molecule has 0 aliphatic carbocycles. The van der Waals surface area contributed by atoms with Crippen LogP contribution in [0.4, 0.5) is 0 Å². The second-order valence-corrected chi connectivity index (χ2v) is 4.15. The topological polar surface area (TPSA) is 43.4 Å².